The number of nitrogens with one attached hydrogen (secondary N) is 1. The van der Waals surface area contributed by atoms with Crippen LogP contribution in [-0.2, 0) is 7.05 Å². The fourth-order valence-corrected chi connectivity index (χ4v) is 1.92. The van der Waals surface area contributed by atoms with E-state index in [0.29, 0.717) is 21.4 Å². The topological polar surface area (TPSA) is 46.9 Å². The van der Waals surface area contributed by atoms with E-state index >= 15 is 0 Å². The molecule has 6 heteroatoms. The second kappa shape index (κ2) is 4.77. The van der Waals surface area contributed by atoms with Crippen molar-refractivity contribution < 1.29 is 4.79 Å². The third-order valence-electron chi connectivity index (χ3n) is 2.17. The van der Waals surface area contributed by atoms with Gasteiger partial charge in [0.15, 0.2) is 0 Å². The maximum atomic E-state index is 11.9. The van der Waals surface area contributed by atoms with Crippen LogP contribution in [0.4, 0.5) is 5.69 Å². The van der Waals surface area contributed by atoms with E-state index in [0.717, 1.165) is 0 Å². The Labute approximate surface area is 108 Å². The predicted molar refractivity (Wildman–Crippen MR) is 67.6 cm³/mol. The van der Waals surface area contributed by atoms with Gasteiger partial charge < -0.3 is 9.88 Å². The summed E-state index contributed by atoms with van der Waals surface area (Å²) in [6, 6.07) is 4.85. The zero-order valence-corrected chi connectivity index (χ0v) is 10.5. The van der Waals surface area contributed by atoms with E-state index in [1.54, 1.807) is 36.1 Å². The minimum Gasteiger partial charge on any atom is -0.330 e. The molecular formula is C11H9Cl2N3O. The Kier molecular flexibility index (Phi) is 3.36. The van der Waals surface area contributed by atoms with Crippen LogP contribution in [0.5, 0.6) is 0 Å². The van der Waals surface area contributed by atoms with Crippen molar-refractivity contribution in [3.05, 3.63) is 46.5 Å². The molecule has 0 radical (unpaired) electrons. The Morgan fingerprint density at radius 2 is 1.94 bits per heavy atom. The highest BCUT2D eigenvalue weighted by atomic mass is 35.5. The van der Waals surface area contributed by atoms with Crippen molar-refractivity contribution >= 4 is 34.8 Å². The molecule has 0 spiro atoms. The Hall–Kier alpha value is -1.52. The molecule has 1 N–H and O–H groups in total. The summed E-state index contributed by atoms with van der Waals surface area (Å²) < 4.78 is 1.63. The number of benzene rings is 1. The molecule has 1 aromatic carbocycles. The number of nitrogens with zero attached hydrogens (tertiary/aromatic N) is 2. The number of imidazole rings is 1. The van der Waals surface area contributed by atoms with Crippen molar-refractivity contribution in [2.24, 2.45) is 7.05 Å². The SMILES string of the molecule is Cn1cncc1C(=O)Nc1cc(Cl)cc(Cl)c1. The zero-order valence-electron chi connectivity index (χ0n) is 8.95. The van der Waals surface area contributed by atoms with E-state index in [-0.39, 0.29) is 5.91 Å². The normalized spacial score (nSPS) is 10.3. The molecule has 0 saturated heterocycles. The molecule has 1 aromatic heterocycles. The summed E-state index contributed by atoms with van der Waals surface area (Å²) in [7, 11) is 1.74. The van der Waals surface area contributed by atoms with Crippen LogP contribution in [0, 0.1) is 0 Å². The van der Waals surface area contributed by atoms with Gasteiger partial charge in [-0.15, -0.1) is 0 Å². The maximum absolute atomic E-state index is 11.9. The van der Waals surface area contributed by atoms with Gasteiger partial charge in [0.25, 0.3) is 5.91 Å². The number of hydrogen-bond acceptors (Lipinski definition) is 2. The average Bonchev–Trinajstić information content (AvgIpc) is 2.62. The van der Waals surface area contributed by atoms with Crippen molar-refractivity contribution in [3.8, 4) is 0 Å². The number of rotatable bonds is 2. The summed E-state index contributed by atoms with van der Waals surface area (Å²) >= 11 is 11.7. The highest BCUT2D eigenvalue weighted by Crippen LogP contribution is 2.22. The first kappa shape index (κ1) is 12.0. The highest BCUT2D eigenvalue weighted by Gasteiger charge is 2.10. The third kappa shape index (κ3) is 2.78. The van der Waals surface area contributed by atoms with Crippen LogP contribution in [0.15, 0.2) is 30.7 Å². The van der Waals surface area contributed by atoms with E-state index in [1.165, 1.54) is 6.20 Å². The van der Waals surface area contributed by atoms with Crippen LogP contribution in [-0.4, -0.2) is 15.5 Å². The van der Waals surface area contributed by atoms with Gasteiger partial charge in [-0.3, -0.25) is 4.79 Å². The zero-order chi connectivity index (χ0) is 12.4. The van der Waals surface area contributed by atoms with Gasteiger partial charge in [0, 0.05) is 22.8 Å². The van der Waals surface area contributed by atoms with Crippen LogP contribution in [0.2, 0.25) is 10.0 Å². The number of aromatic nitrogens is 2. The first-order valence-corrected chi connectivity index (χ1v) is 5.55. The summed E-state index contributed by atoms with van der Waals surface area (Å²) in [4.78, 5) is 15.7. The quantitative estimate of drug-likeness (QED) is 0.911. The van der Waals surface area contributed by atoms with Gasteiger partial charge in [0.05, 0.1) is 12.5 Å². The lowest BCUT2D eigenvalue weighted by Crippen LogP contribution is -2.15. The summed E-state index contributed by atoms with van der Waals surface area (Å²) in [5.74, 6) is -0.261. The van der Waals surface area contributed by atoms with E-state index in [4.69, 9.17) is 23.2 Å². The molecule has 0 fully saturated rings. The molecule has 2 rings (SSSR count). The first-order valence-electron chi connectivity index (χ1n) is 4.80. The van der Waals surface area contributed by atoms with Crippen molar-refractivity contribution in [3.63, 3.8) is 0 Å². The number of amides is 1. The molecular weight excluding hydrogens is 261 g/mol. The molecule has 1 heterocycles. The van der Waals surface area contributed by atoms with E-state index in [1.807, 2.05) is 0 Å². The molecule has 4 nitrogen and oxygen atoms in total. The highest BCUT2D eigenvalue weighted by molar-refractivity contribution is 6.35. The predicted octanol–water partition coefficient (Wildman–Crippen LogP) is 2.98. The second-order valence-electron chi connectivity index (χ2n) is 3.50. The van der Waals surface area contributed by atoms with Gasteiger partial charge in [-0.05, 0) is 18.2 Å². The van der Waals surface area contributed by atoms with Gasteiger partial charge in [0.2, 0.25) is 0 Å². The molecule has 88 valence electrons. The van der Waals surface area contributed by atoms with Crippen LogP contribution >= 0.6 is 23.2 Å². The van der Waals surface area contributed by atoms with Gasteiger partial charge in [0.1, 0.15) is 5.69 Å². The lowest BCUT2D eigenvalue weighted by Gasteiger charge is -2.06. The third-order valence-corrected chi connectivity index (χ3v) is 2.61. The molecule has 1 amide bonds. The monoisotopic (exact) mass is 269 g/mol. The van der Waals surface area contributed by atoms with Crippen LogP contribution in [0.25, 0.3) is 0 Å². The molecule has 0 aliphatic rings. The van der Waals surface area contributed by atoms with Crippen LogP contribution < -0.4 is 5.32 Å². The molecule has 0 saturated carbocycles. The Balaban J connectivity index is 2.21. The molecule has 0 unspecified atom stereocenters. The smallest absolute Gasteiger partial charge is 0.273 e. The number of aryl methyl sites for hydroxylation is 1. The summed E-state index contributed by atoms with van der Waals surface area (Å²) in [5, 5.41) is 3.64. The lowest BCUT2D eigenvalue weighted by molar-refractivity contribution is 0.101. The molecule has 0 aliphatic heterocycles. The van der Waals surface area contributed by atoms with Crippen molar-refractivity contribution in [2.75, 3.05) is 5.32 Å². The average molecular weight is 270 g/mol. The summed E-state index contributed by atoms with van der Waals surface area (Å²) in [6.45, 7) is 0. The molecule has 0 atom stereocenters. The Morgan fingerprint density at radius 3 is 2.47 bits per heavy atom. The Bertz CT molecular complexity index is 545. The number of hydrogen-bond donors (Lipinski definition) is 1. The minimum absolute atomic E-state index is 0.261. The summed E-state index contributed by atoms with van der Waals surface area (Å²) in [5.41, 5.74) is 1.01. The number of carbonyl (C=O) groups excluding carboxylic acids is 1. The van der Waals surface area contributed by atoms with Crippen molar-refractivity contribution in [2.45, 2.75) is 0 Å². The largest absolute Gasteiger partial charge is 0.330 e. The van der Waals surface area contributed by atoms with E-state index in [9.17, 15) is 4.79 Å². The van der Waals surface area contributed by atoms with Gasteiger partial charge >= 0.3 is 0 Å². The van der Waals surface area contributed by atoms with Crippen LogP contribution in [0.1, 0.15) is 10.5 Å². The Morgan fingerprint density at radius 1 is 1.29 bits per heavy atom. The van der Waals surface area contributed by atoms with Gasteiger partial charge in [-0.25, -0.2) is 4.98 Å². The van der Waals surface area contributed by atoms with E-state index in [2.05, 4.69) is 10.3 Å². The molecule has 17 heavy (non-hydrogen) atoms. The molecule has 0 bridgehead atoms. The molecule has 2 aromatic rings. The van der Waals surface area contributed by atoms with Crippen molar-refractivity contribution in [1.29, 1.82) is 0 Å². The van der Waals surface area contributed by atoms with Gasteiger partial charge in [-0.1, -0.05) is 23.2 Å². The minimum atomic E-state index is -0.261. The first-order chi connectivity index (χ1) is 8.06. The fourth-order valence-electron chi connectivity index (χ4n) is 1.40. The standard InChI is InChI=1S/C11H9Cl2N3O/c1-16-6-14-5-10(16)11(17)15-9-3-7(12)2-8(13)4-9/h2-6H,1H3,(H,15,17). The number of halogens is 2. The lowest BCUT2D eigenvalue weighted by atomic mass is 10.3. The second-order valence-corrected chi connectivity index (χ2v) is 4.37. The van der Waals surface area contributed by atoms with Crippen molar-refractivity contribution in [1.82, 2.24) is 9.55 Å². The number of anilines is 1. The van der Waals surface area contributed by atoms with Gasteiger partial charge in [-0.2, -0.15) is 0 Å². The van der Waals surface area contributed by atoms with Crippen LogP contribution in [0.3, 0.4) is 0 Å². The van der Waals surface area contributed by atoms with E-state index < -0.39 is 0 Å². The molecule has 0 aliphatic carbocycles. The number of carbonyl (C=O) groups is 1. The summed E-state index contributed by atoms with van der Waals surface area (Å²) in [6.07, 6.45) is 3.04. The maximum Gasteiger partial charge on any atom is 0.273 e. The fraction of sp³-hybridized carbons (Fsp3) is 0.0909.